The van der Waals surface area contributed by atoms with E-state index in [0.717, 1.165) is 0 Å². The molecule has 0 radical (unpaired) electrons. The van der Waals surface area contributed by atoms with E-state index in [4.69, 9.17) is 42.5 Å². The molecule has 0 saturated heterocycles. The van der Waals surface area contributed by atoms with Crippen molar-refractivity contribution in [3.05, 3.63) is 88.4 Å². The van der Waals surface area contributed by atoms with Gasteiger partial charge in [0.05, 0.1) is 6.21 Å². The number of hydrogen-bond donors (Lipinski definition) is 2. The van der Waals surface area contributed by atoms with Crippen molar-refractivity contribution in [2.45, 2.75) is 6.29 Å². The second-order valence-corrected chi connectivity index (χ2v) is 7.33. The number of hydrazone groups is 1. The van der Waals surface area contributed by atoms with Crippen molar-refractivity contribution in [3.8, 4) is 17.2 Å². The quantitative estimate of drug-likeness (QED) is 0.249. The summed E-state index contributed by atoms with van der Waals surface area (Å²) >= 11 is 11.8. The Morgan fingerprint density at radius 1 is 0.848 bits per heavy atom. The van der Waals surface area contributed by atoms with E-state index in [2.05, 4.69) is 10.5 Å². The van der Waals surface area contributed by atoms with Crippen LogP contribution in [0.3, 0.4) is 0 Å². The molecule has 3 aromatic rings. The number of carboxylic acids is 1. The first-order chi connectivity index (χ1) is 15.9. The smallest absolute Gasteiger partial charge is 0.341 e. The summed E-state index contributed by atoms with van der Waals surface area (Å²) < 4.78 is 16.4. The molecule has 0 atom stereocenters. The highest BCUT2D eigenvalue weighted by molar-refractivity contribution is 6.30. The van der Waals surface area contributed by atoms with Crippen LogP contribution in [0.15, 0.2) is 77.9 Å². The van der Waals surface area contributed by atoms with Crippen molar-refractivity contribution >= 4 is 41.3 Å². The van der Waals surface area contributed by atoms with Gasteiger partial charge in [-0.15, -0.1) is 0 Å². The molecule has 0 saturated carbocycles. The van der Waals surface area contributed by atoms with Crippen LogP contribution >= 0.6 is 23.2 Å². The Kier molecular flexibility index (Phi) is 8.51. The normalized spacial score (nSPS) is 10.8. The van der Waals surface area contributed by atoms with Gasteiger partial charge in [-0.3, -0.25) is 4.79 Å². The summed E-state index contributed by atoms with van der Waals surface area (Å²) in [5.74, 6) is -0.590. The Morgan fingerprint density at radius 2 is 1.33 bits per heavy atom. The molecule has 1 amide bonds. The minimum absolute atomic E-state index is 0.370. The summed E-state index contributed by atoms with van der Waals surface area (Å²) in [5.41, 5.74) is 3.01. The minimum atomic E-state index is -1.35. The number of hydrogen-bond acceptors (Lipinski definition) is 6. The molecule has 0 aliphatic rings. The Bertz CT molecular complexity index is 1060. The summed E-state index contributed by atoms with van der Waals surface area (Å²) in [7, 11) is 0. The number of benzene rings is 3. The molecule has 0 heterocycles. The molecule has 3 aromatic carbocycles. The maximum absolute atomic E-state index is 12.7. The van der Waals surface area contributed by atoms with E-state index in [9.17, 15) is 9.59 Å². The van der Waals surface area contributed by atoms with Crippen LogP contribution in [0.5, 0.6) is 17.2 Å². The van der Waals surface area contributed by atoms with Crippen molar-refractivity contribution in [2.24, 2.45) is 5.10 Å². The molecular formula is C23H18Cl2N2O6. The van der Waals surface area contributed by atoms with Crippen LogP contribution in [0.1, 0.15) is 5.56 Å². The maximum atomic E-state index is 12.7. The van der Waals surface area contributed by atoms with Crippen LogP contribution in [-0.4, -0.2) is 36.1 Å². The predicted octanol–water partition coefficient (Wildman–Crippen LogP) is 4.39. The SMILES string of the molecule is O=C(O)COc1ccc(/C=N\NC(=O)C(Oc2ccc(Cl)cc2)Oc2ccc(Cl)cc2)cc1. The number of ether oxygens (including phenoxy) is 3. The van der Waals surface area contributed by atoms with Crippen molar-refractivity contribution in [3.63, 3.8) is 0 Å². The molecule has 0 aliphatic heterocycles. The van der Waals surface area contributed by atoms with E-state index in [1.807, 2.05) is 0 Å². The van der Waals surface area contributed by atoms with E-state index in [1.54, 1.807) is 72.8 Å². The second-order valence-electron chi connectivity index (χ2n) is 6.46. The highest BCUT2D eigenvalue weighted by atomic mass is 35.5. The lowest BCUT2D eigenvalue weighted by Crippen LogP contribution is -2.40. The van der Waals surface area contributed by atoms with Gasteiger partial charge in [0.2, 0.25) is 0 Å². The van der Waals surface area contributed by atoms with Crippen molar-refractivity contribution in [1.82, 2.24) is 5.43 Å². The van der Waals surface area contributed by atoms with Crippen LogP contribution in [0.25, 0.3) is 0 Å². The fraction of sp³-hybridized carbons (Fsp3) is 0.0870. The first kappa shape index (κ1) is 23.9. The highest BCUT2D eigenvalue weighted by Gasteiger charge is 2.22. The van der Waals surface area contributed by atoms with Gasteiger partial charge in [0.1, 0.15) is 17.2 Å². The lowest BCUT2D eigenvalue weighted by atomic mass is 10.2. The Morgan fingerprint density at radius 3 is 1.82 bits per heavy atom. The first-order valence-corrected chi connectivity index (χ1v) is 10.3. The second kappa shape index (κ2) is 11.8. The Hall–Kier alpha value is -3.75. The van der Waals surface area contributed by atoms with Gasteiger partial charge in [-0.05, 0) is 78.4 Å². The maximum Gasteiger partial charge on any atom is 0.341 e. The number of nitrogens with zero attached hydrogens (tertiary/aromatic N) is 1. The number of rotatable bonds is 10. The van der Waals surface area contributed by atoms with Gasteiger partial charge in [0, 0.05) is 10.0 Å². The van der Waals surface area contributed by atoms with Gasteiger partial charge in [0.15, 0.2) is 6.61 Å². The van der Waals surface area contributed by atoms with Crippen LogP contribution < -0.4 is 19.6 Å². The predicted molar refractivity (Wildman–Crippen MR) is 123 cm³/mol. The number of amides is 1. The number of carbonyl (C=O) groups is 2. The molecule has 8 nitrogen and oxygen atoms in total. The third kappa shape index (κ3) is 8.03. The lowest BCUT2D eigenvalue weighted by molar-refractivity contribution is -0.140. The monoisotopic (exact) mass is 488 g/mol. The van der Waals surface area contributed by atoms with Gasteiger partial charge in [-0.25, -0.2) is 10.2 Å². The van der Waals surface area contributed by atoms with Crippen molar-refractivity contribution in [2.75, 3.05) is 6.61 Å². The average Bonchev–Trinajstić information content (AvgIpc) is 2.81. The zero-order valence-electron chi connectivity index (χ0n) is 17.0. The summed E-state index contributed by atoms with van der Waals surface area (Å²) in [6, 6.07) is 19.4. The van der Waals surface area contributed by atoms with Gasteiger partial charge in [-0.1, -0.05) is 23.2 Å². The molecule has 10 heteroatoms. The zero-order chi connectivity index (χ0) is 23.6. The van der Waals surface area contributed by atoms with Gasteiger partial charge in [-0.2, -0.15) is 5.10 Å². The molecule has 0 aromatic heterocycles. The first-order valence-electron chi connectivity index (χ1n) is 9.51. The van der Waals surface area contributed by atoms with Crippen LogP contribution in [-0.2, 0) is 9.59 Å². The largest absolute Gasteiger partial charge is 0.482 e. The average molecular weight is 489 g/mol. The molecule has 0 unspecified atom stereocenters. The molecule has 170 valence electrons. The summed E-state index contributed by atoms with van der Waals surface area (Å²) in [6.07, 6.45) is 0.0526. The molecule has 2 N–H and O–H groups in total. The van der Waals surface area contributed by atoms with Crippen LogP contribution in [0.2, 0.25) is 10.0 Å². The van der Waals surface area contributed by atoms with E-state index >= 15 is 0 Å². The number of carbonyl (C=O) groups excluding carboxylic acids is 1. The topological polar surface area (TPSA) is 106 Å². The highest BCUT2D eigenvalue weighted by Crippen LogP contribution is 2.20. The number of halogens is 2. The molecule has 0 aliphatic carbocycles. The molecular weight excluding hydrogens is 471 g/mol. The van der Waals surface area contributed by atoms with Gasteiger partial charge >= 0.3 is 18.2 Å². The summed E-state index contributed by atoms with van der Waals surface area (Å²) in [6.45, 7) is -0.438. The zero-order valence-corrected chi connectivity index (χ0v) is 18.5. The summed E-state index contributed by atoms with van der Waals surface area (Å²) in [5, 5.41) is 13.6. The number of aliphatic carboxylic acids is 1. The lowest BCUT2D eigenvalue weighted by Gasteiger charge is -2.19. The fourth-order valence-corrected chi connectivity index (χ4v) is 2.67. The third-order valence-corrected chi connectivity index (χ3v) is 4.46. The fourth-order valence-electron chi connectivity index (χ4n) is 2.42. The van der Waals surface area contributed by atoms with E-state index in [0.29, 0.717) is 32.9 Å². The van der Waals surface area contributed by atoms with E-state index in [-0.39, 0.29) is 0 Å². The number of nitrogens with one attached hydrogen (secondary N) is 1. The standard InChI is InChI=1S/C23H18Cl2N2O6/c24-16-3-9-19(10-4-16)32-23(33-20-11-5-17(25)6-12-20)22(30)27-26-13-15-1-7-18(8-2-15)31-14-21(28)29/h1-13,23H,14H2,(H,27,30)(H,28,29)/b26-13-. The molecule has 0 spiro atoms. The number of carboxylic acid groups (broad SMARTS) is 1. The Labute approximate surface area is 199 Å². The molecule has 33 heavy (non-hydrogen) atoms. The minimum Gasteiger partial charge on any atom is -0.482 e. The molecule has 0 bridgehead atoms. The van der Waals surface area contributed by atoms with E-state index < -0.39 is 24.8 Å². The molecule has 0 fully saturated rings. The molecule has 3 rings (SSSR count). The van der Waals surface area contributed by atoms with Crippen molar-refractivity contribution < 1.29 is 28.9 Å². The van der Waals surface area contributed by atoms with Gasteiger partial charge in [0.25, 0.3) is 0 Å². The van der Waals surface area contributed by atoms with Crippen molar-refractivity contribution in [1.29, 1.82) is 0 Å². The Balaban J connectivity index is 1.65. The van der Waals surface area contributed by atoms with E-state index in [1.165, 1.54) is 6.21 Å². The van der Waals surface area contributed by atoms with Gasteiger partial charge < -0.3 is 19.3 Å². The van der Waals surface area contributed by atoms with Crippen LogP contribution in [0, 0.1) is 0 Å². The van der Waals surface area contributed by atoms with Crippen LogP contribution in [0.4, 0.5) is 0 Å². The summed E-state index contributed by atoms with van der Waals surface area (Å²) in [4.78, 5) is 23.2. The third-order valence-electron chi connectivity index (χ3n) is 3.96.